The largest absolute Gasteiger partial charge is 0.497 e. The number of ether oxygens (including phenoxy) is 1. The molecule has 2 heterocycles. The summed E-state index contributed by atoms with van der Waals surface area (Å²) in [6.07, 6.45) is 1.66. The van der Waals surface area contributed by atoms with Crippen molar-refractivity contribution in [3.63, 3.8) is 0 Å². The molecule has 1 N–H and O–H groups in total. The van der Waals surface area contributed by atoms with Crippen LogP contribution in [0.2, 0.25) is 0 Å². The summed E-state index contributed by atoms with van der Waals surface area (Å²) >= 11 is 0. The van der Waals surface area contributed by atoms with Gasteiger partial charge in [-0.05, 0) is 31.2 Å². The van der Waals surface area contributed by atoms with Crippen LogP contribution in [0.4, 0.5) is 5.69 Å². The first-order chi connectivity index (χ1) is 13.7. The van der Waals surface area contributed by atoms with E-state index in [0.717, 1.165) is 28.3 Å². The number of aryl methyl sites for hydroxylation is 1. The van der Waals surface area contributed by atoms with Gasteiger partial charge in [0.25, 0.3) is 0 Å². The SMILES string of the molecule is COc1ccc2c(c1)N/C(=C(/C#N)c1ccccn1)N=C2c1ccc(C)cc1. The normalized spacial score (nSPS) is 14.2. The lowest BCUT2D eigenvalue weighted by Gasteiger charge is -2.22. The molecule has 5 nitrogen and oxygen atoms in total. The van der Waals surface area contributed by atoms with Gasteiger partial charge in [0.2, 0.25) is 0 Å². The van der Waals surface area contributed by atoms with E-state index in [0.29, 0.717) is 17.1 Å². The molecule has 4 rings (SSSR count). The molecule has 1 aliphatic rings. The molecule has 0 fully saturated rings. The number of anilines is 1. The van der Waals surface area contributed by atoms with Crippen molar-refractivity contribution in [3.8, 4) is 11.8 Å². The molecule has 0 aliphatic carbocycles. The highest BCUT2D eigenvalue weighted by molar-refractivity contribution is 6.18. The van der Waals surface area contributed by atoms with E-state index in [1.165, 1.54) is 5.56 Å². The summed E-state index contributed by atoms with van der Waals surface area (Å²) in [7, 11) is 1.63. The Morgan fingerprint density at radius 2 is 1.89 bits per heavy atom. The van der Waals surface area contributed by atoms with Gasteiger partial charge in [0, 0.05) is 23.4 Å². The maximum absolute atomic E-state index is 9.79. The first-order valence-electron chi connectivity index (χ1n) is 8.86. The van der Waals surface area contributed by atoms with Crippen molar-refractivity contribution < 1.29 is 4.74 Å². The zero-order valence-corrected chi connectivity index (χ0v) is 15.6. The topological polar surface area (TPSA) is 70.3 Å². The lowest BCUT2D eigenvalue weighted by atomic mass is 9.97. The van der Waals surface area contributed by atoms with Gasteiger partial charge < -0.3 is 10.1 Å². The van der Waals surface area contributed by atoms with Gasteiger partial charge in [0.1, 0.15) is 17.4 Å². The Kier molecular flexibility index (Phi) is 4.61. The van der Waals surface area contributed by atoms with Crippen LogP contribution in [0.3, 0.4) is 0 Å². The number of allylic oxidation sites excluding steroid dienone is 1. The first kappa shape index (κ1) is 17.5. The second kappa shape index (κ2) is 7.37. The Morgan fingerprint density at radius 3 is 2.57 bits per heavy atom. The van der Waals surface area contributed by atoms with Crippen LogP contribution in [0.1, 0.15) is 22.4 Å². The number of hydrogen-bond acceptors (Lipinski definition) is 5. The van der Waals surface area contributed by atoms with E-state index < -0.39 is 0 Å². The molecule has 0 atom stereocenters. The van der Waals surface area contributed by atoms with E-state index in [2.05, 4.69) is 28.5 Å². The Labute approximate surface area is 163 Å². The number of fused-ring (bicyclic) bond motifs is 1. The lowest BCUT2D eigenvalue weighted by molar-refractivity contribution is 0.415. The smallest absolute Gasteiger partial charge is 0.151 e. The Morgan fingerprint density at radius 1 is 1.07 bits per heavy atom. The molecule has 5 heteroatoms. The van der Waals surface area contributed by atoms with Crippen LogP contribution in [0.25, 0.3) is 5.57 Å². The van der Waals surface area contributed by atoms with Crippen LogP contribution in [-0.4, -0.2) is 17.8 Å². The number of aromatic nitrogens is 1. The van der Waals surface area contributed by atoms with Gasteiger partial charge in [-0.15, -0.1) is 0 Å². The van der Waals surface area contributed by atoms with Crippen LogP contribution in [-0.2, 0) is 0 Å². The molecule has 136 valence electrons. The number of methoxy groups -OCH3 is 1. The molecule has 28 heavy (non-hydrogen) atoms. The lowest BCUT2D eigenvalue weighted by Crippen LogP contribution is -2.17. The number of rotatable bonds is 3. The number of nitriles is 1. The van der Waals surface area contributed by atoms with Crippen molar-refractivity contribution in [3.05, 3.63) is 95.1 Å². The van der Waals surface area contributed by atoms with Crippen LogP contribution in [0.5, 0.6) is 5.75 Å². The Bertz CT molecular complexity index is 1120. The zero-order chi connectivity index (χ0) is 19.5. The molecule has 0 bridgehead atoms. The summed E-state index contributed by atoms with van der Waals surface area (Å²) < 4.78 is 5.37. The molecule has 3 aromatic rings. The molecule has 0 unspecified atom stereocenters. The Hall–Kier alpha value is -3.91. The fourth-order valence-corrected chi connectivity index (χ4v) is 3.08. The summed E-state index contributed by atoms with van der Waals surface area (Å²) in [5.41, 5.74) is 5.71. The maximum Gasteiger partial charge on any atom is 0.151 e. The van der Waals surface area contributed by atoms with Crippen LogP contribution in [0, 0.1) is 18.3 Å². The summed E-state index contributed by atoms with van der Waals surface area (Å²) in [5, 5.41) is 13.1. The zero-order valence-electron chi connectivity index (χ0n) is 15.6. The van der Waals surface area contributed by atoms with Crippen molar-refractivity contribution in [2.75, 3.05) is 12.4 Å². The monoisotopic (exact) mass is 366 g/mol. The number of pyridine rings is 1. The molecule has 2 aromatic carbocycles. The van der Waals surface area contributed by atoms with Crippen molar-refractivity contribution in [1.82, 2.24) is 4.98 Å². The molecule has 1 aromatic heterocycles. The Balaban J connectivity index is 1.94. The van der Waals surface area contributed by atoms with Gasteiger partial charge in [-0.1, -0.05) is 35.9 Å². The first-order valence-corrected chi connectivity index (χ1v) is 8.86. The number of nitrogens with one attached hydrogen (secondary N) is 1. The molecular formula is C23H18N4O. The second-order valence-corrected chi connectivity index (χ2v) is 6.41. The van der Waals surface area contributed by atoms with E-state index in [1.54, 1.807) is 19.4 Å². The fraction of sp³-hybridized carbons (Fsp3) is 0.0870. The minimum Gasteiger partial charge on any atom is -0.497 e. The van der Waals surface area contributed by atoms with Crippen LogP contribution >= 0.6 is 0 Å². The minimum absolute atomic E-state index is 0.388. The molecule has 1 aliphatic heterocycles. The highest BCUT2D eigenvalue weighted by Crippen LogP contribution is 2.33. The predicted molar refractivity (Wildman–Crippen MR) is 110 cm³/mol. The molecule has 0 radical (unpaired) electrons. The average molecular weight is 366 g/mol. The molecular weight excluding hydrogens is 348 g/mol. The minimum atomic E-state index is 0.388. The van der Waals surface area contributed by atoms with Crippen molar-refractivity contribution in [2.45, 2.75) is 6.92 Å². The highest BCUT2D eigenvalue weighted by Gasteiger charge is 2.22. The summed E-state index contributed by atoms with van der Waals surface area (Å²) in [6.45, 7) is 2.05. The number of aliphatic imine (C=N–C) groups is 1. The van der Waals surface area contributed by atoms with Crippen LogP contribution < -0.4 is 10.1 Å². The molecule has 0 saturated heterocycles. The van der Waals surface area contributed by atoms with Gasteiger partial charge in [-0.3, -0.25) is 4.98 Å². The third kappa shape index (κ3) is 3.24. The number of hydrogen-bond donors (Lipinski definition) is 1. The summed E-state index contributed by atoms with van der Waals surface area (Å²) in [5.74, 6) is 1.20. The van der Waals surface area contributed by atoms with Gasteiger partial charge in [0.15, 0.2) is 5.82 Å². The fourth-order valence-electron chi connectivity index (χ4n) is 3.08. The average Bonchev–Trinajstić information content (AvgIpc) is 2.74. The molecule has 0 amide bonds. The second-order valence-electron chi connectivity index (χ2n) is 6.41. The van der Waals surface area contributed by atoms with E-state index in [4.69, 9.17) is 9.73 Å². The third-order valence-corrected chi connectivity index (χ3v) is 4.55. The highest BCUT2D eigenvalue weighted by atomic mass is 16.5. The molecule has 0 spiro atoms. The number of benzene rings is 2. The predicted octanol–water partition coefficient (Wildman–Crippen LogP) is 4.55. The van der Waals surface area contributed by atoms with E-state index in [-0.39, 0.29) is 0 Å². The van der Waals surface area contributed by atoms with Gasteiger partial charge in [0.05, 0.1) is 24.2 Å². The maximum atomic E-state index is 9.79. The standard InChI is InChI=1S/C23H18N4O/c1-15-6-8-16(9-7-15)22-18-11-10-17(28-2)13-21(18)26-23(27-22)19(14-24)20-5-3-4-12-25-20/h3-13,26H,1-2H3/b23-19+. The third-order valence-electron chi connectivity index (χ3n) is 4.55. The van der Waals surface area contributed by atoms with Gasteiger partial charge in [-0.25, -0.2) is 4.99 Å². The van der Waals surface area contributed by atoms with Crippen LogP contribution in [0.15, 0.2) is 77.7 Å². The van der Waals surface area contributed by atoms with Gasteiger partial charge in [-0.2, -0.15) is 5.26 Å². The molecule has 0 saturated carbocycles. The quantitative estimate of drug-likeness (QED) is 0.690. The summed E-state index contributed by atoms with van der Waals surface area (Å²) in [6, 6.07) is 21.7. The van der Waals surface area contributed by atoms with Crippen molar-refractivity contribution in [1.29, 1.82) is 5.26 Å². The summed E-state index contributed by atoms with van der Waals surface area (Å²) in [4.78, 5) is 9.12. The van der Waals surface area contributed by atoms with Crippen molar-refractivity contribution >= 4 is 17.0 Å². The van der Waals surface area contributed by atoms with Gasteiger partial charge >= 0.3 is 0 Å². The van der Waals surface area contributed by atoms with E-state index in [1.807, 2.05) is 49.4 Å². The van der Waals surface area contributed by atoms with E-state index >= 15 is 0 Å². The number of nitrogens with zero attached hydrogens (tertiary/aromatic N) is 3. The van der Waals surface area contributed by atoms with E-state index in [9.17, 15) is 5.26 Å². The van der Waals surface area contributed by atoms with Crippen molar-refractivity contribution in [2.24, 2.45) is 4.99 Å².